The lowest BCUT2D eigenvalue weighted by Crippen LogP contribution is -1.92. The Labute approximate surface area is 65.0 Å². The number of hydrogen-bond donors (Lipinski definition) is 2. The second kappa shape index (κ2) is 2.62. The first kappa shape index (κ1) is 7.61. The lowest BCUT2D eigenvalue weighted by Gasteiger charge is -1.98. The second-order valence-corrected chi connectivity index (χ2v) is 2.66. The highest BCUT2D eigenvalue weighted by Crippen LogP contribution is 2.19. The van der Waals surface area contributed by atoms with Gasteiger partial charge in [-0.25, -0.2) is 0 Å². The van der Waals surface area contributed by atoms with Crippen LogP contribution in [0.5, 0.6) is 0 Å². The fraction of sp³-hybridized carbons (Fsp3) is 0.429. The number of nitrogen functional groups attached to an aromatic ring is 1. The molecule has 0 aliphatic heterocycles. The Hall–Kier alpha value is -1.50. The van der Waals surface area contributed by atoms with Crippen molar-refractivity contribution in [1.29, 1.82) is 5.26 Å². The Bertz CT molecular complexity index is 292. The van der Waals surface area contributed by atoms with Crippen LogP contribution in [0.2, 0.25) is 0 Å². The first-order valence-electron chi connectivity index (χ1n) is 3.40. The maximum atomic E-state index is 8.65. The van der Waals surface area contributed by atoms with E-state index in [0.717, 1.165) is 5.69 Å². The minimum absolute atomic E-state index is 0.259. The molecule has 0 saturated heterocycles. The Morgan fingerprint density at radius 1 is 1.64 bits per heavy atom. The molecule has 1 aromatic heterocycles. The Balaban J connectivity index is 3.19. The van der Waals surface area contributed by atoms with Crippen molar-refractivity contribution >= 4 is 5.82 Å². The van der Waals surface area contributed by atoms with E-state index in [1.54, 1.807) is 0 Å². The van der Waals surface area contributed by atoms with Crippen LogP contribution in [0.3, 0.4) is 0 Å². The highest BCUT2D eigenvalue weighted by molar-refractivity contribution is 5.51. The molecule has 11 heavy (non-hydrogen) atoms. The fourth-order valence-electron chi connectivity index (χ4n) is 0.906. The SMILES string of the molecule is CC(C)c1[nH]nc(N)c1C#N. The van der Waals surface area contributed by atoms with Crippen molar-refractivity contribution in [2.75, 3.05) is 5.73 Å². The summed E-state index contributed by atoms with van der Waals surface area (Å²) in [5.41, 5.74) is 6.71. The van der Waals surface area contributed by atoms with Gasteiger partial charge in [-0.2, -0.15) is 10.4 Å². The summed E-state index contributed by atoms with van der Waals surface area (Å²) < 4.78 is 0. The predicted molar refractivity (Wildman–Crippen MR) is 41.8 cm³/mol. The highest BCUT2D eigenvalue weighted by atomic mass is 15.2. The van der Waals surface area contributed by atoms with Gasteiger partial charge >= 0.3 is 0 Å². The number of hydrogen-bond acceptors (Lipinski definition) is 3. The van der Waals surface area contributed by atoms with E-state index in [-0.39, 0.29) is 11.7 Å². The normalized spacial score (nSPS) is 10.0. The number of rotatable bonds is 1. The quantitative estimate of drug-likeness (QED) is 0.626. The molecule has 3 N–H and O–H groups in total. The van der Waals surface area contributed by atoms with Crippen LogP contribution in [-0.2, 0) is 0 Å². The maximum absolute atomic E-state index is 8.65. The number of nitrogens with zero attached hydrogens (tertiary/aromatic N) is 2. The Morgan fingerprint density at radius 2 is 2.27 bits per heavy atom. The lowest BCUT2D eigenvalue weighted by molar-refractivity contribution is 0.808. The zero-order valence-electron chi connectivity index (χ0n) is 6.55. The van der Waals surface area contributed by atoms with E-state index in [1.165, 1.54) is 0 Å². The molecule has 1 rings (SSSR count). The number of nitrogens with one attached hydrogen (secondary N) is 1. The van der Waals surface area contributed by atoms with E-state index in [2.05, 4.69) is 10.2 Å². The molecule has 0 radical (unpaired) electrons. The molecule has 0 amide bonds. The third kappa shape index (κ3) is 1.17. The van der Waals surface area contributed by atoms with Gasteiger partial charge < -0.3 is 5.73 Å². The number of aromatic amines is 1. The van der Waals surface area contributed by atoms with Crippen LogP contribution in [0.1, 0.15) is 31.0 Å². The van der Waals surface area contributed by atoms with Gasteiger partial charge in [-0.3, -0.25) is 5.10 Å². The molecule has 58 valence electrons. The van der Waals surface area contributed by atoms with Crippen molar-refractivity contribution in [3.8, 4) is 6.07 Å². The Morgan fingerprint density at radius 3 is 2.64 bits per heavy atom. The molecule has 0 bridgehead atoms. The minimum Gasteiger partial charge on any atom is -0.381 e. The summed E-state index contributed by atoms with van der Waals surface area (Å²) >= 11 is 0. The van der Waals surface area contributed by atoms with E-state index in [1.807, 2.05) is 19.9 Å². The zero-order chi connectivity index (χ0) is 8.43. The number of anilines is 1. The van der Waals surface area contributed by atoms with E-state index in [4.69, 9.17) is 11.0 Å². The molecule has 0 saturated carbocycles. The molecule has 4 nitrogen and oxygen atoms in total. The van der Waals surface area contributed by atoms with Crippen LogP contribution in [0.4, 0.5) is 5.82 Å². The summed E-state index contributed by atoms with van der Waals surface area (Å²) in [7, 11) is 0. The third-order valence-corrected chi connectivity index (χ3v) is 1.51. The summed E-state index contributed by atoms with van der Waals surface area (Å²) in [6.07, 6.45) is 0. The Kier molecular flexibility index (Phi) is 1.81. The topological polar surface area (TPSA) is 78.5 Å². The van der Waals surface area contributed by atoms with Crippen LogP contribution in [0, 0.1) is 11.3 Å². The van der Waals surface area contributed by atoms with Gasteiger partial charge in [0.05, 0.1) is 5.69 Å². The zero-order valence-corrected chi connectivity index (χ0v) is 6.55. The minimum atomic E-state index is 0.259. The average molecular weight is 150 g/mol. The van der Waals surface area contributed by atoms with Crippen LogP contribution in [0.15, 0.2) is 0 Å². The summed E-state index contributed by atoms with van der Waals surface area (Å²) in [6, 6.07) is 2.01. The lowest BCUT2D eigenvalue weighted by atomic mass is 10.1. The maximum Gasteiger partial charge on any atom is 0.163 e. The van der Waals surface area contributed by atoms with Crippen molar-refractivity contribution in [3.05, 3.63) is 11.3 Å². The van der Waals surface area contributed by atoms with Gasteiger partial charge in [0, 0.05) is 0 Å². The highest BCUT2D eigenvalue weighted by Gasteiger charge is 2.12. The van der Waals surface area contributed by atoms with E-state index >= 15 is 0 Å². The van der Waals surface area contributed by atoms with Crippen LogP contribution >= 0.6 is 0 Å². The molecule has 0 spiro atoms. The number of H-pyrrole nitrogens is 1. The van der Waals surface area contributed by atoms with Gasteiger partial charge in [0.1, 0.15) is 11.6 Å². The smallest absolute Gasteiger partial charge is 0.163 e. The number of nitriles is 1. The summed E-state index contributed by atoms with van der Waals surface area (Å²) in [6.45, 7) is 3.96. The fourth-order valence-corrected chi connectivity index (χ4v) is 0.906. The van der Waals surface area contributed by atoms with E-state index < -0.39 is 0 Å². The largest absolute Gasteiger partial charge is 0.381 e. The summed E-state index contributed by atoms with van der Waals surface area (Å²) in [5.74, 6) is 0.547. The van der Waals surface area contributed by atoms with E-state index in [0.29, 0.717) is 5.56 Å². The molecule has 0 unspecified atom stereocenters. The first-order chi connectivity index (χ1) is 5.16. The number of aromatic nitrogens is 2. The van der Waals surface area contributed by atoms with Gasteiger partial charge in [-0.05, 0) is 5.92 Å². The summed E-state index contributed by atoms with van der Waals surface area (Å²) in [4.78, 5) is 0. The van der Waals surface area contributed by atoms with Crippen molar-refractivity contribution in [3.63, 3.8) is 0 Å². The van der Waals surface area contributed by atoms with Gasteiger partial charge in [0.25, 0.3) is 0 Å². The predicted octanol–water partition coefficient (Wildman–Crippen LogP) is 0.987. The first-order valence-corrected chi connectivity index (χ1v) is 3.40. The van der Waals surface area contributed by atoms with Gasteiger partial charge in [-0.15, -0.1) is 0 Å². The van der Waals surface area contributed by atoms with Gasteiger partial charge in [0.2, 0.25) is 0 Å². The molecular weight excluding hydrogens is 140 g/mol. The van der Waals surface area contributed by atoms with Gasteiger partial charge in [0.15, 0.2) is 5.82 Å². The molecule has 0 aliphatic rings. The van der Waals surface area contributed by atoms with Gasteiger partial charge in [-0.1, -0.05) is 13.8 Å². The second-order valence-electron chi connectivity index (χ2n) is 2.66. The van der Waals surface area contributed by atoms with Crippen molar-refractivity contribution in [1.82, 2.24) is 10.2 Å². The molecule has 0 aliphatic carbocycles. The molecule has 1 heterocycles. The van der Waals surface area contributed by atoms with Crippen molar-refractivity contribution in [2.24, 2.45) is 0 Å². The average Bonchev–Trinajstić information content (AvgIpc) is 2.30. The van der Waals surface area contributed by atoms with Crippen LogP contribution in [0.25, 0.3) is 0 Å². The van der Waals surface area contributed by atoms with Crippen LogP contribution < -0.4 is 5.73 Å². The molecular formula is C7H10N4. The van der Waals surface area contributed by atoms with Crippen molar-refractivity contribution in [2.45, 2.75) is 19.8 Å². The van der Waals surface area contributed by atoms with E-state index in [9.17, 15) is 0 Å². The van der Waals surface area contributed by atoms with Crippen LogP contribution in [-0.4, -0.2) is 10.2 Å². The molecule has 4 heteroatoms. The monoisotopic (exact) mass is 150 g/mol. The summed E-state index contributed by atoms with van der Waals surface area (Å²) in [5, 5.41) is 15.1. The third-order valence-electron chi connectivity index (χ3n) is 1.51. The molecule has 0 fully saturated rings. The standard InChI is InChI=1S/C7H10N4/c1-4(2)6-5(3-8)7(9)11-10-6/h4H,1-2H3,(H3,9,10,11). The number of nitrogens with two attached hydrogens (primary N) is 1. The van der Waals surface area contributed by atoms with Crippen molar-refractivity contribution < 1.29 is 0 Å². The molecule has 1 aromatic rings. The molecule has 0 aromatic carbocycles. The molecule has 0 atom stereocenters.